The third kappa shape index (κ3) is 3.58. The number of benzene rings is 1. The lowest BCUT2D eigenvalue weighted by Crippen LogP contribution is -2.34. The minimum absolute atomic E-state index is 0.0204. The predicted octanol–water partition coefficient (Wildman–Crippen LogP) is 4.47. The molecule has 34 heavy (non-hydrogen) atoms. The van der Waals surface area contributed by atoms with Crippen LogP contribution in [0.4, 0.5) is 11.5 Å². The number of anilines is 2. The minimum Gasteiger partial charge on any atom is -0.381 e. The molecule has 2 N–H and O–H groups in total. The number of amides is 1. The summed E-state index contributed by atoms with van der Waals surface area (Å²) in [5.41, 5.74) is 3.71. The average Bonchev–Trinajstić information content (AvgIpc) is 3.20. The maximum absolute atomic E-state index is 12.7. The zero-order chi connectivity index (χ0) is 23.2. The van der Waals surface area contributed by atoms with Crippen molar-refractivity contribution in [1.82, 2.24) is 15.3 Å². The zero-order valence-electron chi connectivity index (χ0n) is 18.9. The van der Waals surface area contributed by atoms with Gasteiger partial charge in [-0.15, -0.1) is 11.3 Å². The van der Waals surface area contributed by atoms with Crippen molar-refractivity contribution in [3.63, 3.8) is 0 Å². The predicted molar refractivity (Wildman–Crippen MR) is 137 cm³/mol. The minimum atomic E-state index is -0.0204. The molecule has 0 bridgehead atoms. The van der Waals surface area contributed by atoms with E-state index in [1.54, 1.807) is 0 Å². The largest absolute Gasteiger partial charge is 0.381 e. The maximum atomic E-state index is 12.7. The van der Waals surface area contributed by atoms with Crippen LogP contribution in [-0.2, 0) is 4.79 Å². The summed E-state index contributed by atoms with van der Waals surface area (Å²) in [5.74, 6) is 1.06. The Morgan fingerprint density at radius 3 is 2.82 bits per heavy atom. The molecule has 5 heterocycles. The van der Waals surface area contributed by atoms with E-state index in [1.165, 1.54) is 11.3 Å². The standard InChI is InChI=1S/C26H25N5O2S/c1-15-13-28-24-23-18-2-3-19(30-20(18)4-5-21(23)34-25(24)26(33)29-15)17-6-9-27-22(12-17)31-10-7-16(14-32)8-11-31/h2-6,9,12,14-16,28H,7-8,10-11,13H2,1H3,(H,29,33)/t15-/m1/s1. The van der Waals surface area contributed by atoms with Crippen molar-refractivity contribution in [3.8, 4) is 11.3 Å². The fourth-order valence-electron chi connectivity index (χ4n) is 4.90. The summed E-state index contributed by atoms with van der Waals surface area (Å²) in [6, 6.07) is 12.4. The summed E-state index contributed by atoms with van der Waals surface area (Å²) in [4.78, 5) is 36.3. The molecule has 0 radical (unpaired) electrons. The van der Waals surface area contributed by atoms with E-state index in [0.717, 1.165) is 80.8 Å². The van der Waals surface area contributed by atoms with Crippen LogP contribution >= 0.6 is 11.3 Å². The number of carbonyl (C=O) groups excluding carboxylic acids is 2. The van der Waals surface area contributed by atoms with Gasteiger partial charge in [0.05, 0.1) is 16.9 Å². The molecule has 2 aliphatic heterocycles. The van der Waals surface area contributed by atoms with Crippen LogP contribution in [0.3, 0.4) is 0 Å². The number of nitrogens with one attached hydrogen (secondary N) is 2. The molecule has 6 rings (SSSR count). The Hall–Kier alpha value is -3.52. The van der Waals surface area contributed by atoms with Gasteiger partial charge in [-0.2, -0.15) is 0 Å². The highest BCUT2D eigenvalue weighted by molar-refractivity contribution is 7.21. The molecule has 2 aliphatic rings. The lowest BCUT2D eigenvalue weighted by atomic mass is 9.98. The van der Waals surface area contributed by atoms with Gasteiger partial charge in [0.25, 0.3) is 5.91 Å². The fourth-order valence-corrected chi connectivity index (χ4v) is 6.00. The second-order valence-electron chi connectivity index (χ2n) is 9.13. The SMILES string of the molecule is C[C@@H]1CNc2c(sc3ccc4nc(-c5ccnc(N6CCC(C=O)CC6)c5)ccc4c23)C(=O)N1. The Labute approximate surface area is 201 Å². The number of fused-ring (bicyclic) bond motifs is 5. The number of aldehydes is 1. The molecule has 8 heteroatoms. The monoisotopic (exact) mass is 471 g/mol. The smallest absolute Gasteiger partial charge is 0.263 e. The van der Waals surface area contributed by atoms with E-state index >= 15 is 0 Å². The van der Waals surface area contributed by atoms with E-state index in [4.69, 9.17) is 4.98 Å². The highest BCUT2D eigenvalue weighted by atomic mass is 32.1. The summed E-state index contributed by atoms with van der Waals surface area (Å²) < 4.78 is 1.08. The van der Waals surface area contributed by atoms with Crippen LogP contribution in [0.1, 0.15) is 29.4 Å². The third-order valence-corrected chi connectivity index (χ3v) is 7.94. The van der Waals surface area contributed by atoms with Crippen molar-refractivity contribution >= 4 is 56.0 Å². The molecule has 0 unspecified atom stereocenters. The second-order valence-corrected chi connectivity index (χ2v) is 10.2. The van der Waals surface area contributed by atoms with E-state index in [1.807, 2.05) is 31.3 Å². The summed E-state index contributed by atoms with van der Waals surface area (Å²) in [6.07, 6.45) is 4.64. The van der Waals surface area contributed by atoms with E-state index < -0.39 is 0 Å². The number of hydrogen-bond donors (Lipinski definition) is 2. The van der Waals surface area contributed by atoms with Crippen LogP contribution in [0.15, 0.2) is 42.6 Å². The number of carbonyl (C=O) groups is 2. The van der Waals surface area contributed by atoms with Gasteiger partial charge in [0, 0.05) is 58.8 Å². The van der Waals surface area contributed by atoms with Crippen molar-refractivity contribution in [3.05, 3.63) is 47.5 Å². The number of hydrogen-bond acceptors (Lipinski definition) is 7. The van der Waals surface area contributed by atoms with Gasteiger partial charge in [0.2, 0.25) is 0 Å². The van der Waals surface area contributed by atoms with E-state index in [0.29, 0.717) is 6.54 Å². The van der Waals surface area contributed by atoms with Crippen molar-refractivity contribution < 1.29 is 9.59 Å². The van der Waals surface area contributed by atoms with E-state index in [9.17, 15) is 9.59 Å². The van der Waals surface area contributed by atoms with Crippen LogP contribution in [0, 0.1) is 5.92 Å². The van der Waals surface area contributed by atoms with Gasteiger partial charge in [-0.1, -0.05) is 0 Å². The molecule has 172 valence electrons. The highest BCUT2D eigenvalue weighted by Gasteiger charge is 2.25. The van der Waals surface area contributed by atoms with Crippen molar-refractivity contribution in [2.45, 2.75) is 25.8 Å². The first-order chi connectivity index (χ1) is 16.6. The van der Waals surface area contributed by atoms with Gasteiger partial charge in [0.1, 0.15) is 17.0 Å². The number of thiophene rings is 1. The number of nitrogens with zero attached hydrogens (tertiary/aromatic N) is 3. The van der Waals surface area contributed by atoms with Gasteiger partial charge in [-0.3, -0.25) is 4.79 Å². The van der Waals surface area contributed by atoms with Gasteiger partial charge >= 0.3 is 0 Å². The quantitative estimate of drug-likeness (QED) is 0.429. The Bertz CT molecular complexity index is 1420. The van der Waals surface area contributed by atoms with Crippen molar-refractivity contribution in [2.75, 3.05) is 29.9 Å². The van der Waals surface area contributed by atoms with E-state index in [2.05, 4.69) is 38.7 Å². The van der Waals surface area contributed by atoms with Gasteiger partial charge in [-0.25, -0.2) is 9.97 Å². The Morgan fingerprint density at radius 2 is 2.00 bits per heavy atom. The highest BCUT2D eigenvalue weighted by Crippen LogP contribution is 2.41. The molecule has 1 saturated heterocycles. The van der Waals surface area contributed by atoms with Gasteiger partial charge < -0.3 is 20.3 Å². The first kappa shape index (κ1) is 21.0. The molecular weight excluding hydrogens is 446 g/mol. The Morgan fingerprint density at radius 1 is 1.15 bits per heavy atom. The summed E-state index contributed by atoms with van der Waals surface area (Å²) in [6.45, 7) is 4.37. The zero-order valence-corrected chi connectivity index (χ0v) is 19.7. The first-order valence-electron chi connectivity index (χ1n) is 11.7. The molecule has 1 atom stereocenters. The molecule has 1 fully saturated rings. The topological polar surface area (TPSA) is 87.2 Å². The van der Waals surface area contributed by atoms with Gasteiger partial charge in [-0.05, 0) is 56.2 Å². The fraction of sp³-hybridized carbons (Fsp3) is 0.308. The second kappa shape index (κ2) is 8.36. The number of rotatable bonds is 3. The molecule has 1 aromatic carbocycles. The molecule has 0 aliphatic carbocycles. The Kier molecular flexibility index (Phi) is 5.17. The number of pyridine rings is 2. The molecule has 0 spiro atoms. The molecule has 4 aromatic rings. The number of aromatic nitrogens is 2. The Balaban J connectivity index is 1.38. The first-order valence-corrected chi connectivity index (χ1v) is 12.5. The van der Waals surface area contributed by atoms with E-state index in [-0.39, 0.29) is 17.9 Å². The van der Waals surface area contributed by atoms with Crippen LogP contribution in [-0.4, -0.2) is 47.8 Å². The lowest BCUT2D eigenvalue weighted by Gasteiger charge is -2.30. The third-order valence-electron chi connectivity index (χ3n) is 6.79. The summed E-state index contributed by atoms with van der Waals surface area (Å²) >= 11 is 1.52. The van der Waals surface area contributed by atoms with Crippen molar-refractivity contribution in [1.29, 1.82) is 0 Å². The normalized spacial score (nSPS) is 18.9. The molecule has 3 aromatic heterocycles. The molecule has 0 saturated carbocycles. The molecular formula is C26H25N5O2S. The molecule has 1 amide bonds. The van der Waals surface area contributed by atoms with Crippen LogP contribution in [0.5, 0.6) is 0 Å². The molecule has 7 nitrogen and oxygen atoms in total. The van der Waals surface area contributed by atoms with Gasteiger partial charge in [0.15, 0.2) is 0 Å². The van der Waals surface area contributed by atoms with Crippen molar-refractivity contribution in [2.24, 2.45) is 5.92 Å². The summed E-state index contributed by atoms with van der Waals surface area (Å²) in [5, 5.41) is 8.63. The average molecular weight is 472 g/mol. The van der Waals surface area contributed by atoms with Crippen LogP contribution in [0.25, 0.3) is 32.2 Å². The van der Waals surface area contributed by atoms with Crippen LogP contribution in [0.2, 0.25) is 0 Å². The number of piperidine rings is 1. The maximum Gasteiger partial charge on any atom is 0.263 e. The summed E-state index contributed by atoms with van der Waals surface area (Å²) in [7, 11) is 0. The lowest BCUT2D eigenvalue weighted by molar-refractivity contribution is -0.111. The van der Waals surface area contributed by atoms with Crippen LogP contribution < -0.4 is 15.5 Å².